The van der Waals surface area contributed by atoms with Gasteiger partial charge in [0.2, 0.25) is 0 Å². The lowest BCUT2D eigenvalue weighted by Gasteiger charge is -2.22. The third-order valence-corrected chi connectivity index (χ3v) is 5.51. The third-order valence-electron chi connectivity index (χ3n) is 3.51. The summed E-state index contributed by atoms with van der Waals surface area (Å²) in [5.74, 6) is -0.0937. The van der Waals surface area contributed by atoms with Crippen molar-refractivity contribution >= 4 is 10.2 Å². The lowest BCUT2D eigenvalue weighted by atomic mass is 10.0. The van der Waals surface area contributed by atoms with Crippen LogP contribution in [0.4, 0.5) is 0 Å². The molecule has 0 saturated carbocycles. The van der Waals surface area contributed by atoms with Crippen LogP contribution in [0.2, 0.25) is 0 Å². The number of rotatable bonds is 5. The van der Waals surface area contributed by atoms with Crippen molar-refractivity contribution in [1.29, 1.82) is 0 Å². The van der Waals surface area contributed by atoms with E-state index in [0.29, 0.717) is 19.6 Å². The van der Waals surface area contributed by atoms with Gasteiger partial charge in [-0.3, -0.25) is 0 Å². The molecule has 1 aromatic rings. The Kier molecular flexibility index (Phi) is 4.19. The van der Waals surface area contributed by atoms with Gasteiger partial charge in [-0.1, -0.05) is 6.92 Å². The van der Waals surface area contributed by atoms with Gasteiger partial charge in [0.1, 0.15) is 0 Å². The van der Waals surface area contributed by atoms with E-state index < -0.39 is 10.2 Å². The van der Waals surface area contributed by atoms with E-state index >= 15 is 0 Å². The molecule has 9 heteroatoms. The maximum absolute atomic E-state index is 12.3. The second-order valence-electron chi connectivity index (χ2n) is 4.51. The maximum Gasteiger partial charge on any atom is 0.281 e. The summed E-state index contributed by atoms with van der Waals surface area (Å²) in [6, 6.07) is 0. The average molecular weight is 289 g/mol. The van der Waals surface area contributed by atoms with Gasteiger partial charge in [0.05, 0.1) is 18.0 Å². The molecular formula is C10H19N5O3S. The van der Waals surface area contributed by atoms with Crippen LogP contribution in [0.15, 0.2) is 6.20 Å². The summed E-state index contributed by atoms with van der Waals surface area (Å²) in [6.07, 6.45) is 1.40. The summed E-state index contributed by atoms with van der Waals surface area (Å²) < 4.78 is 32.7. The minimum atomic E-state index is -3.43. The quantitative estimate of drug-likeness (QED) is 0.782. The molecule has 0 spiro atoms. The Morgan fingerprint density at radius 1 is 1.58 bits per heavy atom. The number of hydrogen-bond donors (Lipinski definition) is 1. The van der Waals surface area contributed by atoms with Crippen LogP contribution in [0, 0.1) is 0 Å². The zero-order valence-electron chi connectivity index (χ0n) is 11.3. The second kappa shape index (κ2) is 5.53. The number of aromatic amines is 1. The largest absolute Gasteiger partial charge is 0.379 e. The highest BCUT2D eigenvalue weighted by Gasteiger charge is 2.41. The summed E-state index contributed by atoms with van der Waals surface area (Å²) in [5, 5.41) is 10.3. The molecule has 0 unspecified atom stereocenters. The summed E-state index contributed by atoms with van der Waals surface area (Å²) in [6.45, 7) is 2.93. The van der Waals surface area contributed by atoms with E-state index in [9.17, 15) is 8.42 Å². The van der Waals surface area contributed by atoms with E-state index in [0.717, 1.165) is 5.69 Å². The number of nitrogens with one attached hydrogen (secondary N) is 1. The van der Waals surface area contributed by atoms with E-state index in [-0.39, 0.29) is 12.0 Å². The Balaban J connectivity index is 2.20. The molecule has 2 atom stereocenters. The van der Waals surface area contributed by atoms with Crippen molar-refractivity contribution in [2.24, 2.45) is 0 Å². The molecule has 1 saturated heterocycles. The molecule has 2 heterocycles. The minimum absolute atomic E-state index is 0.0937. The fourth-order valence-electron chi connectivity index (χ4n) is 2.20. The number of H-pyrrole nitrogens is 1. The first-order valence-corrected chi connectivity index (χ1v) is 7.50. The highest BCUT2D eigenvalue weighted by molar-refractivity contribution is 7.86. The van der Waals surface area contributed by atoms with Crippen LogP contribution in [-0.2, 0) is 14.9 Å². The number of ether oxygens (including phenoxy) is 1. The molecule has 19 heavy (non-hydrogen) atoms. The predicted octanol–water partition coefficient (Wildman–Crippen LogP) is -0.585. The monoisotopic (exact) mass is 289 g/mol. The molecule has 0 radical (unpaired) electrons. The van der Waals surface area contributed by atoms with Crippen molar-refractivity contribution in [3.8, 4) is 0 Å². The second-order valence-corrected chi connectivity index (χ2v) is 6.55. The van der Waals surface area contributed by atoms with Crippen molar-refractivity contribution < 1.29 is 13.2 Å². The molecule has 1 aliphatic rings. The smallest absolute Gasteiger partial charge is 0.281 e. The van der Waals surface area contributed by atoms with E-state index in [1.807, 2.05) is 0 Å². The SMILES string of the molecule is CCN(C)S(=O)(=O)N1C[C@@H](OC)[C@H](c2cn[nH]n2)C1. The molecule has 0 aromatic carbocycles. The normalized spacial score (nSPS) is 25.3. The molecule has 1 N–H and O–H groups in total. The lowest BCUT2D eigenvalue weighted by molar-refractivity contribution is 0.101. The van der Waals surface area contributed by atoms with Gasteiger partial charge in [-0.05, 0) is 0 Å². The Morgan fingerprint density at radius 3 is 2.84 bits per heavy atom. The lowest BCUT2D eigenvalue weighted by Crippen LogP contribution is -2.41. The Hall–Kier alpha value is -1.03. The van der Waals surface area contributed by atoms with Crippen LogP contribution in [0.5, 0.6) is 0 Å². The van der Waals surface area contributed by atoms with Crippen molar-refractivity contribution in [3.05, 3.63) is 11.9 Å². The molecule has 1 aromatic heterocycles. The summed E-state index contributed by atoms with van der Waals surface area (Å²) in [4.78, 5) is 0. The molecule has 1 fully saturated rings. The zero-order valence-corrected chi connectivity index (χ0v) is 12.1. The standard InChI is InChI=1S/C10H19N5O3S/c1-4-14(2)19(16,17)15-6-8(10(7-15)18-3)9-5-11-13-12-9/h5,8,10H,4,6-7H2,1-3H3,(H,11,12,13)/t8-,10+/m0/s1. The van der Waals surface area contributed by atoms with E-state index in [2.05, 4.69) is 15.4 Å². The van der Waals surface area contributed by atoms with Gasteiger partial charge in [-0.2, -0.15) is 32.4 Å². The van der Waals surface area contributed by atoms with E-state index in [4.69, 9.17) is 4.74 Å². The van der Waals surface area contributed by atoms with Crippen LogP contribution >= 0.6 is 0 Å². The first-order chi connectivity index (χ1) is 9.00. The summed E-state index contributed by atoms with van der Waals surface area (Å²) in [5.41, 5.74) is 0.726. The maximum atomic E-state index is 12.3. The van der Waals surface area contributed by atoms with Gasteiger partial charge in [0.15, 0.2) is 0 Å². The topological polar surface area (TPSA) is 91.4 Å². The first kappa shape index (κ1) is 14.4. The van der Waals surface area contributed by atoms with Gasteiger partial charge in [-0.25, -0.2) is 0 Å². The van der Waals surface area contributed by atoms with E-state index in [1.54, 1.807) is 27.3 Å². The minimum Gasteiger partial charge on any atom is -0.379 e. The van der Waals surface area contributed by atoms with Gasteiger partial charge in [0, 0.05) is 39.7 Å². The van der Waals surface area contributed by atoms with Crippen molar-refractivity contribution in [2.45, 2.75) is 18.9 Å². The molecule has 8 nitrogen and oxygen atoms in total. The van der Waals surface area contributed by atoms with Gasteiger partial charge in [0.25, 0.3) is 10.2 Å². The molecular weight excluding hydrogens is 270 g/mol. The van der Waals surface area contributed by atoms with Crippen LogP contribution in [0.3, 0.4) is 0 Å². The number of hydrogen-bond acceptors (Lipinski definition) is 5. The predicted molar refractivity (Wildman–Crippen MR) is 68.7 cm³/mol. The van der Waals surface area contributed by atoms with Crippen LogP contribution in [-0.4, -0.2) is 72.3 Å². The Bertz CT molecular complexity index is 503. The molecule has 108 valence electrons. The summed E-state index contributed by atoms with van der Waals surface area (Å²) in [7, 11) is -0.277. The molecule has 0 bridgehead atoms. The van der Waals surface area contributed by atoms with Gasteiger partial charge < -0.3 is 4.74 Å². The highest BCUT2D eigenvalue weighted by Crippen LogP contribution is 2.30. The molecule has 1 aliphatic heterocycles. The zero-order chi connectivity index (χ0) is 14.0. The van der Waals surface area contributed by atoms with Gasteiger partial charge >= 0.3 is 0 Å². The average Bonchev–Trinajstić information content (AvgIpc) is 3.05. The van der Waals surface area contributed by atoms with E-state index in [1.165, 1.54) is 8.61 Å². The van der Waals surface area contributed by atoms with Crippen LogP contribution in [0.25, 0.3) is 0 Å². The van der Waals surface area contributed by atoms with Crippen LogP contribution in [0.1, 0.15) is 18.5 Å². The molecule has 2 rings (SSSR count). The first-order valence-electron chi connectivity index (χ1n) is 6.10. The van der Waals surface area contributed by atoms with Gasteiger partial charge in [-0.15, -0.1) is 0 Å². The molecule has 0 amide bonds. The van der Waals surface area contributed by atoms with Crippen molar-refractivity contribution in [2.75, 3.05) is 33.8 Å². The highest BCUT2D eigenvalue weighted by atomic mass is 32.2. The number of aromatic nitrogens is 3. The van der Waals surface area contributed by atoms with Crippen LogP contribution < -0.4 is 0 Å². The number of nitrogens with zero attached hydrogens (tertiary/aromatic N) is 4. The Morgan fingerprint density at radius 2 is 2.32 bits per heavy atom. The fourth-order valence-corrected chi connectivity index (χ4v) is 3.60. The van der Waals surface area contributed by atoms with Crippen molar-refractivity contribution in [1.82, 2.24) is 24.0 Å². The Labute approximate surface area is 112 Å². The molecule has 0 aliphatic carbocycles. The van der Waals surface area contributed by atoms with Crippen molar-refractivity contribution in [3.63, 3.8) is 0 Å². The fraction of sp³-hybridized carbons (Fsp3) is 0.800. The number of methoxy groups -OCH3 is 1. The summed E-state index contributed by atoms with van der Waals surface area (Å²) >= 11 is 0. The third kappa shape index (κ3) is 2.64.